The van der Waals surface area contributed by atoms with Crippen molar-refractivity contribution in [3.05, 3.63) is 236 Å². The maximum absolute atomic E-state index is 10.8. The molecule has 66 heavy (non-hydrogen) atoms. The zero-order valence-electron chi connectivity index (χ0n) is 35.7. The fourth-order valence-corrected chi connectivity index (χ4v) is 9.55. The van der Waals surface area contributed by atoms with Gasteiger partial charge < -0.3 is 0 Å². The Hall–Kier alpha value is -9.04. The average Bonchev–Trinajstić information content (AvgIpc) is 3.40. The van der Waals surface area contributed by atoms with Crippen LogP contribution in [0.1, 0.15) is 5.56 Å². The quantitative estimate of drug-likeness (QED) is 0.150. The lowest BCUT2D eigenvalue weighted by molar-refractivity contribution is 1.07. The summed E-state index contributed by atoms with van der Waals surface area (Å²) in [5.74, 6) is 1.84. The second-order valence-corrected chi connectivity index (χ2v) is 16.6. The van der Waals surface area contributed by atoms with Crippen molar-refractivity contribution in [2.24, 2.45) is 0 Å². The molecule has 306 valence electrons. The SMILES string of the molecule is N#Cc1cc(-c2ccccc2-c2ccc(-c3nc(-c4ccccc4)nc(-c4ccc5ccc6ccccc6c5c4)n3)cc2)ccc1-c1ccccc1-c1cccc2ccc3ccccc3c12. The Morgan fingerprint density at radius 2 is 0.727 bits per heavy atom. The number of fused-ring (bicyclic) bond motifs is 6. The van der Waals surface area contributed by atoms with Crippen LogP contribution in [0, 0.1) is 11.3 Å². The fraction of sp³-hybridized carbons (Fsp3) is 0. The highest BCUT2D eigenvalue weighted by atomic mass is 15.0. The van der Waals surface area contributed by atoms with Crippen LogP contribution in [0.3, 0.4) is 0 Å². The van der Waals surface area contributed by atoms with Crippen molar-refractivity contribution in [3.63, 3.8) is 0 Å². The molecule has 4 heteroatoms. The standard InChI is InChI=1S/C62H38N4/c63-39-49-37-47(35-36-53(49)55-22-10-11-23-56(55)57-24-12-17-44-31-27-41-14-5-7-21-54(41)59(44)57)52-20-9-8-18-50(52)42-28-32-46(33-29-42)61-64-60(45-15-2-1-3-16-45)65-62(66-61)48-34-30-43-26-25-40-13-4-6-19-51(40)58(43)38-48/h1-38H. The molecule has 0 atom stereocenters. The van der Waals surface area contributed by atoms with E-state index in [1.807, 2.05) is 36.4 Å². The van der Waals surface area contributed by atoms with E-state index >= 15 is 0 Å². The van der Waals surface area contributed by atoms with E-state index < -0.39 is 0 Å². The molecule has 0 radical (unpaired) electrons. The summed E-state index contributed by atoms with van der Waals surface area (Å²) in [5, 5.41) is 20.3. The Morgan fingerprint density at radius 1 is 0.273 bits per heavy atom. The van der Waals surface area contributed by atoms with Crippen molar-refractivity contribution in [3.8, 4) is 84.7 Å². The molecule has 0 bridgehead atoms. The van der Waals surface area contributed by atoms with Crippen molar-refractivity contribution >= 4 is 43.1 Å². The van der Waals surface area contributed by atoms with E-state index in [9.17, 15) is 5.26 Å². The number of rotatable bonds is 7. The molecule has 0 amide bonds. The molecule has 12 aromatic rings. The van der Waals surface area contributed by atoms with E-state index in [0.29, 0.717) is 23.0 Å². The first-order valence-electron chi connectivity index (χ1n) is 22.1. The minimum atomic E-state index is 0.600. The van der Waals surface area contributed by atoms with Gasteiger partial charge in [-0.3, -0.25) is 0 Å². The van der Waals surface area contributed by atoms with Gasteiger partial charge in [-0.1, -0.05) is 218 Å². The van der Waals surface area contributed by atoms with Gasteiger partial charge in [0.25, 0.3) is 0 Å². The molecule has 0 N–H and O–H groups in total. The highest BCUT2D eigenvalue weighted by Gasteiger charge is 2.18. The number of benzene rings is 11. The first kappa shape index (κ1) is 38.6. The molecule has 0 saturated heterocycles. The van der Waals surface area contributed by atoms with Gasteiger partial charge in [-0.2, -0.15) is 5.26 Å². The molecule has 0 saturated carbocycles. The predicted octanol–water partition coefficient (Wildman–Crippen LogP) is 16.0. The number of aromatic nitrogens is 3. The van der Waals surface area contributed by atoms with E-state index in [1.54, 1.807) is 0 Å². The van der Waals surface area contributed by atoms with Crippen molar-refractivity contribution in [1.29, 1.82) is 5.26 Å². The molecule has 1 heterocycles. The van der Waals surface area contributed by atoms with Crippen molar-refractivity contribution in [1.82, 2.24) is 15.0 Å². The molecule has 0 unspecified atom stereocenters. The third-order valence-corrected chi connectivity index (χ3v) is 12.8. The molecule has 4 nitrogen and oxygen atoms in total. The van der Waals surface area contributed by atoms with Crippen molar-refractivity contribution in [2.45, 2.75) is 0 Å². The Morgan fingerprint density at radius 3 is 1.44 bits per heavy atom. The Kier molecular flexibility index (Phi) is 9.51. The monoisotopic (exact) mass is 838 g/mol. The maximum atomic E-state index is 10.8. The minimum Gasteiger partial charge on any atom is -0.208 e. The van der Waals surface area contributed by atoms with Gasteiger partial charge in [0.1, 0.15) is 0 Å². The number of hydrogen-bond donors (Lipinski definition) is 0. The van der Waals surface area contributed by atoms with E-state index in [0.717, 1.165) is 66.6 Å². The van der Waals surface area contributed by atoms with Crippen LogP contribution >= 0.6 is 0 Å². The molecule has 1 aromatic heterocycles. The largest absolute Gasteiger partial charge is 0.208 e. The molecular formula is C62H38N4. The second kappa shape index (κ2) is 16.3. The van der Waals surface area contributed by atoms with Crippen molar-refractivity contribution in [2.75, 3.05) is 0 Å². The Labute approximate surface area is 382 Å². The summed E-state index contributed by atoms with van der Waals surface area (Å²) in [5.41, 5.74) is 11.7. The van der Waals surface area contributed by atoms with Crippen LogP contribution in [-0.2, 0) is 0 Å². The van der Waals surface area contributed by atoms with Crippen LogP contribution in [0.5, 0.6) is 0 Å². The fourth-order valence-electron chi connectivity index (χ4n) is 9.55. The van der Waals surface area contributed by atoms with Crippen molar-refractivity contribution < 1.29 is 0 Å². The maximum Gasteiger partial charge on any atom is 0.164 e. The third-order valence-electron chi connectivity index (χ3n) is 12.8. The highest BCUT2D eigenvalue weighted by molar-refractivity contribution is 6.15. The first-order valence-corrected chi connectivity index (χ1v) is 22.1. The number of nitrogens with zero attached hydrogens (tertiary/aromatic N) is 4. The zero-order valence-corrected chi connectivity index (χ0v) is 35.7. The van der Waals surface area contributed by atoms with Gasteiger partial charge in [-0.05, 0) is 94.2 Å². The van der Waals surface area contributed by atoms with Crippen LogP contribution in [0.2, 0.25) is 0 Å². The Balaban J connectivity index is 0.913. The average molecular weight is 839 g/mol. The molecule has 0 aliphatic heterocycles. The smallest absolute Gasteiger partial charge is 0.164 e. The van der Waals surface area contributed by atoms with Crippen LogP contribution < -0.4 is 0 Å². The van der Waals surface area contributed by atoms with Gasteiger partial charge in [0.2, 0.25) is 0 Å². The second-order valence-electron chi connectivity index (χ2n) is 16.6. The van der Waals surface area contributed by atoms with Crippen LogP contribution in [-0.4, -0.2) is 15.0 Å². The zero-order chi connectivity index (χ0) is 44.0. The lowest BCUT2D eigenvalue weighted by atomic mass is 9.86. The van der Waals surface area contributed by atoms with Crippen LogP contribution in [0.4, 0.5) is 0 Å². The Bertz CT molecular complexity index is 3890. The van der Waals surface area contributed by atoms with E-state index in [2.05, 4.69) is 200 Å². The summed E-state index contributed by atoms with van der Waals surface area (Å²) in [6.45, 7) is 0. The summed E-state index contributed by atoms with van der Waals surface area (Å²) in [6, 6.07) is 82.9. The molecule has 11 aromatic carbocycles. The summed E-state index contributed by atoms with van der Waals surface area (Å²) >= 11 is 0. The number of hydrogen-bond acceptors (Lipinski definition) is 4. The molecule has 0 aliphatic rings. The first-order chi connectivity index (χ1) is 32.7. The summed E-state index contributed by atoms with van der Waals surface area (Å²) < 4.78 is 0. The lowest BCUT2D eigenvalue weighted by Crippen LogP contribution is -2.00. The molecule has 0 spiro atoms. The number of nitriles is 1. The third kappa shape index (κ3) is 6.84. The lowest BCUT2D eigenvalue weighted by Gasteiger charge is -2.16. The molecule has 0 aliphatic carbocycles. The summed E-state index contributed by atoms with van der Waals surface area (Å²) in [4.78, 5) is 15.2. The van der Waals surface area contributed by atoms with E-state index in [1.165, 1.54) is 37.7 Å². The van der Waals surface area contributed by atoms with E-state index in [-0.39, 0.29) is 0 Å². The van der Waals surface area contributed by atoms with Gasteiger partial charge in [0.15, 0.2) is 17.5 Å². The van der Waals surface area contributed by atoms with Crippen LogP contribution in [0.15, 0.2) is 231 Å². The molecule has 12 rings (SSSR count). The van der Waals surface area contributed by atoms with Gasteiger partial charge in [0, 0.05) is 22.3 Å². The van der Waals surface area contributed by atoms with Crippen LogP contribution in [0.25, 0.3) is 122 Å². The van der Waals surface area contributed by atoms with Gasteiger partial charge in [-0.25, -0.2) is 15.0 Å². The van der Waals surface area contributed by atoms with E-state index in [4.69, 9.17) is 15.0 Å². The minimum absolute atomic E-state index is 0.600. The topological polar surface area (TPSA) is 62.5 Å². The molecule has 0 fully saturated rings. The normalized spacial score (nSPS) is 11.3. The van der Waals surface area contributed by atoms with Gasteiger partial charge in [0.05, 0.1) is 11.6 Å². The summed E-state index contributed by atoms with van der Waals surface area (Å²) in [7, 11) is 0. The van der Waals surface area contributed by atoms with Gasteiger partial charge >= 0.3 is 0 Å². The summed E-state index contributed by atoms with van der Waals surface area (Å²) in [6.07, 6.45) is 0. The predicted molar refractivity (Wildman–Crippen MR) is 273 cm³/mol. The van der Waals surface area contributed by atoms with Gasteiger partial charge in [-0.15, -0.1) is 0 Å². The molecular weight excluding hydrogens is 801 g/mol. The highest BCUT2D eigenvalue weighted by Crippen LogP contribution is 2.42.